The maximum atomic E-state index is 10.9. The van der Waals surface area contributed by atoms with Crippen LogP contribution in [-0.4, -0.2) is 35.9 Å². The van der Waals surface area contributed by atoms with Crippen LogP contribution in [0.4, 0.5) is 0 Å². The summed E-state index contributed by atoms with van der Waals surface area (Å²) in [6, 6.07) is 4.71. The molecule has 0 aliphatic carbocycles. The van der Waals surface area contributed by atoms with Crippen molar-refractivity contribution in [2.75, 3.05) is 0 Å². The molecule has 0 saturated heterocycles. The maximum absolute atomic E-state index is 10.9. The predicted octanol–water partition coefficient (Wildman–Crippen LogP) is 0.852. The molecule has 2 heterocycles. The maximum Gasteiger partial charge on any atom is 0.335 e. The molecule has 0 saturated carbocycles. The Morgan fingerprint density at radius 1 is 1.39 bits per heavy atom. The van der Waals surface area contributed by atoms with Crippen LogP contribution in [-0.2, 0) is 7.05 Å². The fraction of sp³-hybridized carbons (Fsp3) is 0.0909. The van der Waals surface area contributed by atoms with Crippen molar-refractivity contribution in [2.24, 2.45) is 7.05 Å². The molecule has 0 aliphatic rings. The minimum atomic E-state index is -0.979. The van der Waals surface area contributed by atoms with Gasteiger partial charge < -0.3 is 5.11 Å². The number of nitrogens with zero attached hydrogens (tertiary/aromatic N) is 5. The molecule has 0 amide bonds. The number of carbonyl (C=O) groups is 1. The van der Waals surface area contributed by atoms with E-state index in [1.54, 1.807) is 27.8 Å². The second-order valence-corrected chi connectivity index (χ2v) is 3.88. The summed E-state index contributed by atoms with van der Waals surface area (Å²) in [7, 11) is 1.81. The molecule has 0 aliphatic heterocycles. The first kappa shape index (κ1) is 10.5. The minimum absolute atomic E-state index is 0.195. The molecule has 18 heavy (non-hydrogen) atoms. The summed E-state index contributed by atoms with van der Waals surface area (Å²) >= 11 is 0. The van der Waals surface area contributed by atoms with Crippen molar-refractivity contribution in [1.82, 2.24) is 24.8 Å². The zero-order chi connectivity index (χ0) is 12.7. The van der Waals surface area contributed by atoms with E-state index < -0.39 is 5.97 Å². The molecule has 0 unspecified atom stereocenters. The average Bonchev–Trinajstić information content (AvgIpc) is 2.93. The van der Waals surface area contributed by atoms with E-state index in [2.05, 4.69) is 15.4 Å². The number of hydrogen-bond acceptors (Lipinski definition) is 4. The normalized spacial score (nSPS) is 10.9. The van der Waals surface area contributed by atoms with Gasteiger partial charge in [-0.25, -0.2) is 9.48 Å². The number of hydrogen-bond donors (Lipinski definition) is 1. The van der Waals surface area contributed by atoms with Gasteiger partial charge in [-0.1, -0.05) is 5.21 Å². The first-order valence-electron chi connectivity index (χ1n) is 5.23. The van der Waals surface area contributed by atoms with Crippen molar-refractivity contribution in [3.05, 3.63) is 36.2 Å². The third-order valence-electron chi connectivity index (χ3n) is 2.63. The number of carboxylic acid groups (broad SMARTS) is 1. The van der Waals surface area contributed by atoms with Gasteiger partial charge in [0.1, 0.15) is 11.2 Å². The van der Waals surface area contributed by atoms with Crippen molar-refractivity contribution in [1.29, 1.82) is 0 Å². The predicted molar refractivity (Wildman–Crippen MR) is 62.6 cm³/mol. The molecule has 3 rings (SSSR count). The van der Waals surface area contributed by atoms with Crippen LogP contribution in [0, 0.1) is 0 Å². The number of rotatable bonds is 2. The zero-order valence-electron chi connectivity index (χ0n) is 9.48. The summed E-state index contributed by atoms with van der Waals surface area (Å²) in [5, 5.41) is 20.9. The van der Waals surface area contributed by atoms with Crippen LogP contribution in [0.2, 0.25) is 0 Å². The zero-order valence-corrected chi connectivity index (χ0v) is 9.48. The third-order valence-corrected chi connectivity index (χ3v) is 2.63. The fourth-order valence-electron chi connectivity index (χ4n) is 1.77. The van der Waals surface area contributed by atoms with Crippen LogP contribution in [0.3, 0.4) is 0 Å². The Hall–Kier alpha value is -2.70. The van der Waals surface area contributed by atoms with Crippen molar-refractivity contribution in [3.63, 3.8) is 0 Å². The molecule has 0 radical (unpaired) electrons. The molecule has 0 fully saturated rings. The number of benzene rings is 1. The van der Waals surface area contributed by atoms with E-state index in [9.17, 15) is 4.79 Å². The lowest BCUT2D eigenvalue weighted by Gasteiger charge is -1.97. The topological polar surface area (TPSA) is 85.8 Å². The summed E-state index contributed by atoms with van der Waals surface area (Å²) in [6.07, 6.45) is 3.47. The molecule has 7 nitrogen and oxygen atoms in total. The van der Waals surface area contributed by atoms with E-state index in [0.717, 1.165) is 11.2 Å². The average molecular weight is 243 g/mol. The highest BCUT2D eigenvalue weighted by Crippen LogP contribution is 2.17. The summed E-state index contributed by atoms with van der Waals surface area (Å²) in [5.41, 5.74) is 2.26. The van der Waals surface area contributed by atoms with Crippen molar-refractivity contribution >= 4 is 17.0 Å². The quantitative estimate of drug-likeness (QED) is 0.721. The van der Waals surface area contributed by atoms with Gasteiger partial charge in [0.25, 0.3) is 0 Å². The highest BCUT2D eigenvalue weighted by atomic mass is 16.4. The molecule has 0 atom stereocenters. The van der Waals surface area contributed by atoms with Gasteiger partial charge in [-0.3, -0.25) is 4.68 Å². The fourth-order valence-corrected chi connectivity index (χ4v) is 1.77. The number of fused-ring (bicyclic) bond motifs is 1. The van der Waals surface area contributed by atoms with E-state index in [0.29, 0.717) is 5.52 Å². The number of aryl methyl sites for hydroxylation is 1. The molecule has 1 aromatic carbocycles. The summed E-state index contributed by atoms with van der Waals surface area (Å²) in [4.78, 5) is 10.9. The standard InChI is InChI=1S/C11H9N5O2/c1-15-6-8(5-12-15)16-10-3-2-7(11(17)18)4-9(10)13-14-16/h2-6H,1H3,(H,17,18). The minimum Gasteiger partial charge on any atom is -0.478 e. The first-order valence-corrected chi connectivity index (χ1v) is 5.23. The Morgan fingerprint density at radius 3 is 2.89 bits per heavy atom. The van der Waals surface area contributed by atoms with Crippen LogP contribution in [0.5, 0.6) is 0 Å². The molecule has 2 aromatic heterocycles. The van der Waals surface area contributed by atoms with E-state index in [-0.39, 0.29) is 5.56 Å². The molecule has 90 valence electrons. The van der Waals surface area contributed by atoms with Gasteiger partial charge in [-0.05, 0) is 18.2 Å². The van der Waals surface area contributed by atoms with Gasteiger partial charge in [0.15, 0.2) is 0 Å². The second-order valence-electron chi connectivity index (χ2n) is 3.88. The lowest BCUT2D eigenvalue weighted by molar-refractivity contribution is 0.0697. The Balaban J connectivity index is 2.18. The summed E-state index contributed by atoms with van der Waals surface area (Å²) in [5.74, 6) is -0.979. The molecule has 0 bridgehead atoms. The first-order chi connectivity index (χ1) is 8.65. The molecular weight excluding hydrogens is 234 g/mol. The van der Waals surface area contributed by atoms with Crippen LogP contribution in [0.25, 0.3) is 16.7 Å². The summed E-state index contributed by atoms with van der Waals surface area (Å²) < 4.78 is 3.28. The van der Waals surface area contributed by atoms with E-state index in [4.69, 9.17) is 5.11 Å². The van der Waals surface area contributed by atoms with Crippen molar-refractivity contribution in [2.45, 2.75) is 0 Å². The smallest absolute Gasteiger partial charge is 0.335 e. The number of carboxylic acids is 1. The van der Waals surface area contributed by atoms with Gasteiger partial charge in [0.2, 0.25) is 0 Å². The highest BCUT2D eigenvalue weighted by molar-refractivity contribution is 5.92. The number of aromatic nitrogens is 5. The van der Waals surface area contributed by atoms with Gasteiger partial charge in [0.05, 0.1) is 23.5 Å². The van der Waals surface area contributed by atoms with Crippen LogP contribution in [0.15, 0.2) is 30.6 Å². The molecular formula is C11H9N5O2. The van der Waals surface area contributed by atoms with Crippen molar-refractivity contribution in [3.8, 4) is 5.69 Å². The van der Waals surface area contributed by atoms with Gasteiger partial charge in [-0.2, -0.15) is 5.10 Å². The third kappa shape index (κ3) is 1.53. The van der Waals surface area contributed by atoms with E-state index >= 15 is 0 Å². The largest absolute Gasteiger partial charge is 0.478 e. The SMILES string of the molecule is Cn1cc(-n2nnc3cc(C(=O)O)ccc32)cn1. The molecule has 0 spiro atoms. The van der Waals surface area contributed by atoms with Gasteiger partial charge in [-0.15, -0.1) is 5.10 Å². The van der Waals surface area contributed by atoms with E-state index in [1.165, 1.54) is 12.1 Å². The Bertz CT molecular complexity index is 743. The van der Waals surface area contributed by atoms with Crippen LogP contribution < -0.4 is 0 Å². The summed E-state index contributed by atoms with van der Waals surface area (Å²) in [6.45, 7) is 0. The molecule has 3 aromatic rings. The monoisotopic (exact) mass is 243 g/mol. The molecule has 1 N–H and O–H groups in total. The van der Waals surface area contributed by atoms with Crippen LogP contribution >= 0.6 is 0 Å². The molecule has 7 heteroatoms. The lowest BCUT2D eigenvalue weighted by atomic mass is 10.2. The Labute approximate surface area is 101 Å². The number of aromatic carboxylic acids is 1. The Kier molecular flexibility index (Phi) is 2.12. The van der Waals surface area contributed by atoms with Gasteiger partial charge >= 0.3 is 5.97 Å². The highest BCUT2D eigenvalue weighted by Gasteiger charge is 2.10. The van der Waals surface area contributed by atoms with Crippen molar-refractivity contribution < 1.29 is 9.90 Å². The lowest BCUT2D eigenvalue weighted by Crippen LogP contribution is -1.97. The Morgan fingerprint density at radius 2 is 2.22 bits per heavy atom. The van der Waals surface area contributed by atoms with Gasteiger partial charge in [0, 0.05) is 7.05 Å². The van der Waals surface area contributed by atoms with Crippen LogP contribution in [0.1, 0.15) is 10.4 Å². The second kappa shape index (κ2) is 3.66. The van der Waals surface area contributed by atoms with E-state index in [1.807, 2.05) is 7.05 Å².